The van der Waals surface area contributed by atoms with E-state index >= 15 is 0 Å². The summed E-state index contributed by atoms with van der Waals surface area (Å²) in [6.07, 6.45) is -1.43. The average Bonchev–Trinajstić information content (AvgIpc) is 2.65. The second-order valence-electron chi connectivity index (χ2n) is 6.64. The molecule has 3 aromatic rings. The van der Waals surface area contributed by atoms with Crippen LogP contribution in [0.3, 0.4) is 0 Å². The van der Waals surface area contributed by atoms with Crippen LogP contribution in [0.15, 0.2) is 47.4 Å². The van der Waals surface area contributed by atoms with Crippen LogP contribution in [0.25, 0.3) is 11.3 Å². The number of pyridine rings is 2. The smallest absolute Gasteiger partial charge is 0.361 e. The van der Waals surface area contributed by atoms with Crippen LogP contribution >= 0.6 is 11.6 Å². The molecule has 3 nitrogen and oxygen atoms in total. The number of aryl methyl sites for hydroxylation is 4. The van der Waals surface area contributed by atoms with Crippen LogP contribution in [0.1, 0.15) is 28.1 Å². The highest BCUT2D eigenvalue weighted by atomic mass is 35.5. The van der Waals surface area contributed by atoms with Gasteiger partial charge in [0.15, 0.2) is 0 Å². The van der Waals surface area contributed by atoms with Crippen molar-refractivity contribution in [2.24, 2.45) is 0 Å². The summed E-state index contributed by atoms with van der Waals surface area (Å²) in [6.45, 7) is 3.53. The van der Waals surface area contributed by atoms with Crippen molar-refractivity contribution in [1.29, 1.82) is 0 Å². The molecule has 0 spiro atoms. The van der Waals surface area contributed by atoms with Gasteiger partial charge >= 0.3 is 6.18 Å². The third kappa shape index (κ3) is 4.28. The van der Waals surface area contributed by atoms with Crippen molar-refractivity contribution in [3.63, 3.8) is 0 Å². The number of H-pyrrole nitrogens is 1. The van der Waals surface area contributed by atoms with Crippen LogP contribution in [0.5, 0.6) is 0 Å². The van der Waals surface area contributed by atoms with E-state index in [-0.39, 0.29) is 10.5 Å². The molecule has 0 saturated heterocycles. The number of alkyl halides is 3. The van der Waals surface area contributed by atoms with Gasteiger partial charge in [0.25, 0.3) is 0 Å². The van der Waals surface area contributed by atoms with Crippen molar-refractivity contribution >= 4 is 11.6 Å². The van der Waals surface area contributed by atoms with E-state index in [1.807, 2.05) is 6.07 Å². The van der Waals surface area contributed by atoms with Gasteiger partial charge in [-0.2, -0.15) is 13.2 Å². The van der Waals surface area contributed by atoms with Crippen LogP contribution in [0.2, 0.25) is 5.02 Å². The van der Waals surface area contributed by atoms with Crippen LogP contribution in [-0.2, 0) is 19.0 Å². The molecule has 0 saturated carbocycles. The highest BCUT2D eigenvalue weighted by Gasteiger charge is 2.29. The molecule has 0 amide bonds. The number of halogens is 4. The molecule has 0 aliphatic heterocycles. The van der Waals surface area contributed by atoms with E-state index in [4.69, 9.17) is 11.6 Å². The summed E-state index contributed by atoms with van der Waals surface area (Å²) in [6, 6.07) is 8.77. The number of nitrogens with one attached hydrogen (secondary N) is 1. The summed E-state index contributed by atoms with van der Waals surface area (Å²) in [5.74, 6) is 0. The molecule has 0 bridgehead atoms. The van der Waals surface area contributed by atoms with E-state index < -0.39 is 11.7 Å². The van der Waals surface area contributed by atoms with Crippen molar-refractivity contribution in [2.75, 3.05) is 0 Å². The molecule has 2 heterocycles. The summed E-state index contributed by atoms with van der Waals surface area (Å²) in [5.41, 5.74) is 3.09. The topological polar surface area (TPSA) is 45.8 Å². The number of hydrogen-bond donors (Lipinski definition) is 1. The summed E-state index contributed by atoms with van der Waals surface area (Å²) in [5, 5.41) is 0.147. The normalized spacial score (nSPS) is 11.6. The van der Waals surface area contributed by atoms with Crippen molar-refractivity contribution in [3.05, 3.63) is 85.9 Å². The molecule has 28 heavy (non-hydrogen) atoms. The maximum Gasteiger partial charge on any atom is 0.416 e. The van der Waals surface area contributed by atoms with Crippen LogP contribution in [-0.4, -0.2) is 9.97 Å². The molecule has 0 aliphatic rings. The largest absolute Gasteiger partial charge is 0.416 e. The minimum atomic E-state index is -4.33. The lowest BCUT2D eigenvalue weighted by Gasteiger charge is -2.09. The van der Waals surface area contributed by atoms with E-state index in [2.05, 4.69) is 9.97 Å². The first kappa shape index (κ1) is 20.1. The van der Waals surface area contributed by atoms with Gasteiger partial charge in [-0.15, -0.1) is 0 Å². The number of nitrogens with zero attached hydrogens (tertiary/aromatic N) is 1. The van der Waals surface area contributed by atoms with Crippen molar-refractivity contribution in [2.45, 2.75) is 32.9 Å². The summed E-state index contributed by atoms with van der Waals surface area (Å²) in [7, 11) is 0. The van der Waals surface area contributed by atoms with E-state index in [9.17, 15) is 18.0 Å². The SMILES string of the molecule is Cc1[nH]c(C)c(-c2ccc(CCc3ccc(C(F)(F)F)cc3)cn2)c(=O)c1Cl. The Bertz CT molecular complexity index is 1040. The molecule has 1 N–H and O–H groups in total. The van der Waals surface area contributed by atoms with Gasteiger partial charge < -0.3 is 4.98 Å². The lowest BCUT2D eigenvalue weighted by molar-refractivity contribution is -0.137. The van der Waals surface area contributed by atoms with Crippen molar-refractivity contribution in [1.82, 2.24) is 9.97 Å². The van der Waals surface area contributed by atoms with Gasteiger partial charge in [0.05, 0.1) is 16.8 Å². The summed E-state index contributed by atoms with van der Waals surface area (Å²) < 4.78 is 37.8. The number of aromatic amines is 1. The molecule has 0 fully saturated rings. The van der Waals surface area contributed by atoms with E-state index in [1.165, 1.54) is 12.1 Å². The Morgan fingerprint density at radius 2 is 1.57 bits per heavy atom. The first-order chi connectivity index (χ1) is 13.2. The lowest BCUT2D eigenvalue weighted by Crippen LogP contribution is -2.12. The number of aromatic nitrogens is 2. The molecule has 2 aromatic heterocycles. The maximum atomic E-state index is 12.6. The monoisotopic (exact) mass is 406 g/mol. The van der Waals surface area contributed by atoms with Crippen molar-refractivity contribution in [3.8, 4) is 11.3 Å². The predicted molar refractivity (Wildman–Crippen MR) is 104 cm³/mol. The highest BCUT2D eigenvalue weighted by molar-refractivity contribution is 6.31. The second kappa shape index (κ2) is 7.80. The lowest BCUT2D eigenvalue weighted by atomic mass is 10.0. The van der Waals surface area contributed by atoms with E-state index in [0.717, 1.165) is 23.3 Å². The van der Waals surface area contributed by atoms with Gasteiger partial charge in [0, 0.05) is 17.6 Å². The molecule has 146 valence electrons. The fourth-order valence-corrected chi connectivity index (χ4v) is 3.17. The average molecular weight is 407 g/mol. The molecule has 0 atom stereocenters. The molecule has 3 rings (SSSR count). The standard InChI is InChI=1S/C21H18ClF3N2O/c1-12-18(20(28)19(22)13(2)27-12)17-10-7-15(11-26-17)4-3-14-5-8-16(9-6-14)21(23,24)25/h5-11H,3-4H2,1-2H3,(H,27,28). The van der Waals surface area contributed by atoms with Crippen LogP contribution in [0.4, 0.5) is 13.2 Å². The van der Waals surface area contributed by atoms with Crippen molar-refractivity contribution < 1.29 is 13.2 Å². The molecule has 0 unspecified atom stereocenters. The van der Waals surface area contributed by atoms with Crippen LogP contribution < -0.4 is 5.43 Å². The Morgan fingerprint density at radius 1 is 0.964 bits per heavy atom. The Kier molecular flexibility index (Phi) is 5.61. The van der Waals surface area contributed by atoms with Gasteiger partial charge in [-0.1, -0.05) is 29.8 Å². The first-order valence-electron chi connectivity index (χ1n) is 8.67. The molecule has 0 aliphatic carbocycles. The number of hydrogen-bond acceptors (Lipinski definition) is 2. The second-order valence-corrected chi connectivity index (χ2v) is 7.02. The highest BCUT2D eigenvalue weighted by Crippen LogP contribution is 2.29. The fraction of sp³-hybridized carbons (Fsp3) is 0.238. The Morgan fingerprint density at radius 3 is 2.14 bits per heavy atom. The zero-order valence-electron chi connectivity index (χ0n) is 15.3. The predicted octanol–water partition coefficient (Wildman–Crippen LogP) is 5.51. The van der Waals surface area contributed by atoms with E-state index in [1.54, 1.807) is 26.1 Å². The zero-order chi connectivity index (χ0) is 20.5. The molecule has 7 heteroatoms. The fourth-order valence-electron chi connectivity index (χ4n) is 3.03. The van der Waals surface area contributed by atoms with Gasteiger partial charge in [-0.3, -0.25) is 9.78 Å². The molecular formula is C21H18ClF3N2O. The minimum absolute atomic E-state index is 0.147. The number of benzene rings is 1. The number of rotatable bonds is 4. The molecular weight excluding hydrogens is 389 g/mol. The molecule has 0 radical (unpaired) electrons. The third-order valence-electron chi connectivity index (χ3n) is 4.57. The quantitative estimate of drug-likeness (QED) is 0.620. The first-order valence-corrected chi connectivity index (χ1v) is 9.05. The third-order valence-corrected chi connectivity index (χ3v) is 5.03. The van der Waals surface area contributed by atoms with Gasteiger partial charge in [0.2, 0.25) is 5.43 Å². The van der Waals surface area contributed by atoms with Gasteiger partial charge in [-0.25, -0.2) is 0 Å². The Hall–Kier alpha value is -2.60. The summed E-state index contributed by atoms with van der Waals surface area (Å²) in [4.78, 5) is 19.9. The Labute approximate surface area is 165 Å². The van der Waals surface area contributed by atoms with Gasteiger partial charge in [0.1, 0.15) is 5.02 Å². The van der Waals surface area contributed by atoms with Gasteiger partial charge in [-0.05, 0) is 56.0 Å². The summed E-state index contributed by atoms with van der Waals surface area (Å²) >= 11 is 6.05. The minimum Gasteiger partial charge on any atom is -0.361 e. The molecule has 1 aromatic carbocycles. The van der Waals surface area contributed by atoms with Crippen LogP contribution in [0, 0.1) is 13.8 Å². The van der Waals surface area contributed by atoms with E-state index in [0.29, 0.717) is 35.5 Å². The zero-order valence-corrected chi connectivity index (χ0v) is 16.1. The Balaban J connectivity index is 1.74. The maximum absolute atomic E-state index is 12.6.